The van der Waals surface area contributed by atoms with Gasteiger partial charge in [-0.3, -0.25) is 0 Å². The molecular formula is C14H10S3. The number of thiocarbonyl (C=S) groups is 1. The largest absolute Gasteiger partial charge is 0.0919 e. The fraction of sp³-hybridized carbons (Fsp3) is 0.0714. The molecular weight excluding hydrogens is 264 g/mol. The van der Waals surface area contributed by atoms with Crippen molar-refractivity contribution < 1.29 is 0 Å². The average Bonchev–Trinajstić information content (AvgIpc) is 2.87. The van der Waals surface area contributed by atoms with E-state index in [4.69, 9.17) is 12.2 Å². The highest BCUT2D eigenvalue weighted by Gasteiger charge is 2.16. The van der Waals surface area contributed by atoms with E-state index in [1.54, 1.807) is 0 Å². The lowest BCUT2D eigenvalue weighted by atomic mass is 10.1. The summed E-state index contributed by atoms with van der Waals surface area (Å²) in [4.78, 5) is 1.33. The van der Waals surface area contributed by atoms with Gasteiger partial charge in [0, 0.05) is 4.91 Å². The smallest absolute Gasteiger partial charge is 0.0631 e. The quantitative estimate of drug-likeness (QED) is 0.562. The molecule has 0 aromatic heterocycles. The summed E-state index contributed by atoms with van der Waals surface area (Å²) in [5, 5.41) is 4.78. The van der Waals surface area contributed by atoms with Crippen molar-refractivity contribution in [3.8, 4) is 0 Å². The van der Waals surface area contributed by atoms with Crippen molar-refractivity contribution in [1.82, 2.24) is 0 Å². The van der Waals surface area contributed by atoms with E-state index in [9.17, 15) is 0 Å². The van der Waals surface area contributed by atoms with Gasteiger partial charge >= 0.3 is 0 Å². The average molecular weight is 274 g/mol. The normalized spacial score (nSPS) is 19.3. The molecule has 1 aliphatic rings. The molecule has 0 N–H and O–H groups in total. The van der Waals surface area contributed by atoms with E-state index in [0.29, 0.717) is 5.25 Å². The third-order valence-electron chi connectivity index (χ3n) is 2.73. The molecule has 1 atom stereocenters. The van der Waals surface area contributed by atoms with Gasteiger partial charge in [-0.15, -0.1) is 0 Å². The first kappa shape index (κ1) is 11.3. The van der Waals surface area contributed by atoms with Crippen LogP contribution in [-0.4, -0.2) is 10.6 Å². The van der Waals surface area contributed by atoms with Gasteiger partial charge in [-0.2, -0.15) is 0 Å². The lowest BCUT2D eigenvalue weighted by molar-refractivity contribution is 1.61. The van der Waals surface area contributed by atoms with Crippen LogP contribution in [-0.2, 0) is 0 Å². The van der Waals surface area contributed by atoms with Crippen LogP contribution in [0.3, 0.4) is 0 Å². The zero-order valence-electron chi connectivity index (χ0n) is 9.00. The topological polar surface area (TPSA) is 0 Å². The van der Waals surface area contributed by atoms with Gasteiger partial charge in [0.05, 0.1) is 5.25 Å². The van der Waals surface area contributed by atoms with Crippen molar-refractivity contribution in [3.63, 3.8) is 0 Å². The van der Waals surface area contributed by atoms with E-state index in [1.807, 2.05) is 27.0 Å². The number of rotatable bonds is 2. The highest BCUT2D eigenvalue weighted by atomic mass is 33.1. The molecule has 0 radical (unpaired) electrons. The number of hydrogen-bond donors (Lipinski definition) is 0. The minimum absolute atomic E-state index is 0.372. The summed E-state index contributed by atoms with van der Waals surface area (Å²) in [6.45, 7) is 0. The minimum atomic E-state index is 0.372. The van der Waals surface area contributed by atoms with Crippen LogP contribution in [0.5, 0.6) is 0 Å². The summed E-state index contributed by atoms with van der Waals surface area (Å²) in [6, 6.07) is 15.1. The molecule has 0 saturated carbocycles. The van der Waals surface area contributed by atoms with Crippen LogP contribution in [0, 0.1) is 0 Å². The number of fused-ring (bicyclic) bond motifs is 1. The maximum Gasteiger partial charge on any atom is 0.0631 e. The number of hydrogen-bond acceptors (Lipinski definition) is 3. The van der Waals surface area contributed by atoms with Gasteiger partial charge in [0.2, 0.25) is 0 Å². The number of benzene rings is 2. The van der Waals surface area contributed by atoms with Crippen LogP contribution in [0.15, 0.2) is 48.5 Å². The van der Waals surface area contributed by atoms with Crippen LogP contribution in [0.2, 0.25) is 0 Å². The van der Waals surface area contributed by atoms with E-state index in [-0.39, 0.29) is 0 Å². The van der Waals surface area contributed by atoms with Gasteiger partial charge in [-0.1, -0.05) is 76.3 Å². The van der Waals surface area contributed by atoms with Gasteiger partial charge in [-0.25, -0.2) is 0 Å². The first-order valence-corrected chi connectivity index (χ1v) is 8.05. The van der Waals surface area contributed by atoms with E-state index >= 15 is 0 Å². The Labute approximate surface area is 114 Å². The third-order valence-corrected chi connectivity index (χ3v) is 5.83. The van der Waals surface area contributed by atoms with Crippen LogP contribution in [0.25, 0.3) is 15.7 Å². The van der Waals surface area contributed by atoms with Gasteiger partial charge in [0.15, 0.2) is 0 Å². The van der Waals surface area contributed by atoms with Crippen LogP contribution in [0.4, 0.5) is 0 Å². The molecule has 0 aliphatic carbocycles. The predicted molar refractivity (Wildman–Crippen MR) is 84.6 cm³/mol. The Morgan fingerprint density at radius 3 is 2.65 bits per heavy atom. The SMILES string of the molecule is S=CC1C=C(c2ccc3ccccc3c2)SS1. The summed E-state index contributed by atoms with van der Waals surface area (Å²) in [7, 11) is 3.63. The maximum atomic E-state index is 4.99. The molecule has 0 saturated heterocycles. The third kappa shape index (κ3) is 2.28. The Kier molecular flexibility index (Phi) is 3.23. The summed E-state index contributed by atoms with van der Waals surface area (Å²) in [5.74, 6) is 0. The standard InChI is InChI=1S/C14H10S3/c15-9-13-8-14(17-16-13)12-6-5-10-3-1-2-4-11(10)7-12/h1-9,13H. The van der Waals surface area contributed by atoms with E-state index in [0.717, 1.165) is 0 Å². The second-order valence-corrected chi connectivity index (χ2v) is 6.57. The molecule has 0 spiro atoms. The van der Waals surface area contributed by atoms with Gasteiger partial charge in [-0.05, 0) is 27.8 Å². The van der Waals surface area contributed by atoms with Crippen molar-refractivity contribution in [2.75, 3.05) is 0 Å². The molecule has 1 unspecified atom stereocenters. The fourth-order valence-electron chi connectivity index (χ4n) is 1.86. The Balaban J connectivity index is 2.04. The molecule has 1 heterocycles. The first-order chi connectivity index (χ1) is 8.36. The summed E-state index contributed by atoms with van der Waals surface area (Å²) in [6.07, 6.45) is 2.24. The van der Waals surface area contributed by atoms with Gasteiger partial charge in [0.1, 0.15) is 0 Å². The molecule has 1 aliphatic heterocycles. The summed E-state index contributed by atoms with van der Waals surface area (Å²) in [5.41, 5.74) is 1.29. The summed E-state index contributed by atoms with van der Waals surface area (Å²) >= 11 is 4.99. The van der Waals surface area contributed by atoms with Gasteiger partial charge < -0.3 is 0 Å². The molecule has 2 aromatic carbocycles. The summed E-state index contributed by atoms with van der Waals surface area (Å²) < 4.78 is 0. The fourth-order valence-corrected chi connectivity index (χ4v) is 4.71. The predicted octanol–water partition coefficient (Wildman–Crippen LogP) is 4.94. The molecule has 2 aromatic rings. The van der Waals surface area contributed by atoms with Crippen molar-refractivity contribution in [1.29, 1.82) is 0 Å². The maximum absolute atomic E-state index is 4.99. The van der Waals surface area contributed by atoms with Crippen molar-refractivity contribution in [2.45, 2.75) is 5.25 Å². The molecule has 0 fully saturated rings. The van der Waals surface area contributed by atoms with Crippen LogP contribution < -0.4 is 0 Å². The second kappa shape index (κ2) is 4.84. The monoisotopic (exact) mass is 274 g/mol. The van der Waals surface area contributed by atoms with E-state index in [1.165, 1.54) is 21.2 Å². The Morgan fingerprint density at radius 1 is 1.06 bits per heavy atom. The van der Waals surface area contributed by atoms with Crippen LogP contribution >= 0.6 is 33.8 Å². The highest BCUT2D eigenvalue weighted by Crippen LogP contribution is 2.46. The Morgan fingerprint density at radius 2 is 1.88 bits per heavy atom. The molecule has 0 bridgehead atoms. The Bertz CT molecular complexity index is 601. The van der Waals surface area contributed by atoms with Crippen molar-refractivity contribution in [3.05, 3.63) is 54.1 Å². The van der Waals surface area contributed by atoms with E-state index < -0.39 is 0 Å². The zero-order valence-corrected chi connectivity index (χ0v) is 11.4. The Hall–Kier alpha value is -0.770. The molecule has 3 rings (SSSR count). The van der Waals surface area contributed by atoms with E-state index in [2.05, 4.69) is 48.5 Å². The van der Waals surface area contributed by atoms with Crippen molar-refractivity contribution >= 4 is 54.9 Å². The minimum Gasteiger partial charge on any atom is -0.0919 e. The van der Waals surface area contributed by atoms with Crippen molar-refractivity contribution in [2.24, 2.45) is 0 Å². The molecule has 84 valence electrons. The second-order valence-electron chi connectivity index (χ2n) is 3.87. The lowest BCUT2D eigenvalue weighted by Gasteiger charge is -2.03. The zero-order chi connectivity index (χ0) is 11.7. The molecule has 3 heteroatoms. The molecule has 0 nitrogen and oxygen atoms in total. The highest BCUT2D eigenvalue weighted by molar-refractivity contribution is 8.81. The lowest BCUT2D eigenvalue weighted by Crippen LogP contribution is -1.90. The molecule has 0 amide bonds. The molecule has 17 heavy (non-hydrogen) atoms. The van der Waals surface area contributed by atoms with Gasteiger partial charge in [0.25, 0.3) is 0 Å². The van der Waals surface area contributed by atoms with Crippen LogP contribution in [0.1, 0.15) is 5.56 Å². The first-order valence-electron chi connectivity index (χ1n) is 5.36.